The Bertz CT molecular complexity index is 523. The molecular formula is C12H10N6. The van der Waals surface area contributed by atoms with Crippen molar-refractivity contribution in [2.45, 2.75) is 0 Å². The fraction of sp³-hybridized carbons (Fsp3) is 0. The number of nitrogens with zero attached hydrogens (tertiary/aromatic N) is 4. The molecule has 0 aliphatic carbocycles. The molecule has 6 nitrogen and oxygen atoms in total. The van der Waals surface area contributed by atoms with E-state index in [1.807, 2.05) is 0 Å². The van der Waals surface area contributed by atoms with Crippen molar-refractivity contribution in [3.05, 3.63) is 60.2 Å². The van der Waals surface area contributed by atoms with Crippen LogP contribution in [-0.4, -0.2) is 21.6 Å². The number of hydrogen-bond acceptors (Lipinski definition) is 4. The van der Waals surface area contributed by atoms with Gasteiger partial charge in [0.05, 0.1) is 0 Å². The van der Waals surface area contributed by atoms with Crippen LogP contribution in [0, 0.1) is 10.8 Å². The van der Waals surface area contributed by atoms with Gasteiger partial charge in [-0.3, -0.25) is 20.8 Å². The van der Waals surface area contributed by atoms with Gasteiger partial charge in [-0.05, 0) is 24.3 Å². The Kier molecular flexibility index (Phi) is 3.60. The molecule has 0 atom stereocenters. The van der Waals surface area contributed by atoms with Crippen LogP contribution in [0.2, 0.25) is 0 Å². The van der Waals surface area contributed by atoms with E-state index in [0.717, 1.165) is 0 Å². The summed E-state index contributed by atoms with van der Waals surface area (Å²) in [5.74, 6) is -0.0616. The number of hydrogen-bond donors (Lipinski definition) is 2. The third-order valence-corrected chi connectivity index (χ3v) is 2.12. The zero-order chi connectivity index (χ0) is 12.8. The van der Waals surface area contributed by atoms with Crippen molar-refractivity contribution in [3.63, 3.8) is 0 Å². The molecule has 2 aromatic rings. The lowest BCUT2D eigenvalue weighted by atomic mass is 10.2. The van der Waals surface area contributed by atoms with Crippen LogP contribution in [0.4, 0.5) is 0 Å². The van der Waals surface area contributed by atoms with Gasteiger partial charge < -0.3 is 0 Å². The molecule has 0 saturated carbocycles. The molecule has 2 aromatic heterocycles. The smallest absolute Gasteiger partial charge is 0.176 e. The minimum atomic E-state index is -0.0308. The molecule has 0 aliphatic rings. The van der Waals surface area contributed by atoms with Crippen molar-refractivity contribution in [2.75, 3.05) is 0 Å². The van der Waals surface area contributed by atoms with Crippen molar-refractivity contribution in [2.24, 2.45) is 10.2 Å². The number of rotatable bonds is 2. The van der Waals surface area contributed by atoms with Crippen LogP contribution in [0.3, 0.4) is 0 Å². The number of pyridine rings is 2. The summed E-state index contributed by atoms with van der Waals surface area (Å²) in [7, 11) is 0. The van der Waals surface area contributed by atoms with Crippen molar-refractivity contribution >= 4 is 11.7 Å². The fourth-order valence-electron chi connectivity index (χ4n) is 1.22. The summed E-state index contributed by atoms with van der Waals surface area (Å²) in [6.45, 7) is 0. The van der Waals surface area contributed by atoms with Crippen LogP contribution in [0.25, 0.3) is 0 Å². The normalized spacial score (nSPS) is 10.4. The van der Waals surface area contributed by atoms with Gasteiger partial charge in [0.1, 0.15) is 0 Å². The summed E-state index contributed by atoms with van der Waals surface area (Å²) in [6, 6.07) is 6.85. The monoisotopic (exact) mass is 238 g/mol. The lowest BCUT2D eigenvalue weighted by Gasteiger charge is -1.97. The third-order valence-electron chi connectivity index (χ3n) is 2.12. The van der Waals surface area contributed by atoms with Gasteiger partial charge in [0.25, 0.3) is 0 Å². The van der Waals surface area contributed by atoms with Crippen molar-refractivity contribution in [1.29, 1.82) is 10.8 Å². The average molecular weight is 238 g/mol. The van der Waals surface area contributed by atoms with Crippen molar-refractivity contribution in [3.8, 4) is 0 Å². The standard InChI is InChI=1S/C12H10N6/c13-11(9-3-1-5-15-7-9)17-18-12(14)10-4-2-6-16-8-10/h1-8,13-14H. The summed E-state index contributed by atoms with van der Waals surface area (Å²) >= 11 is 0. The molecule has 2 N–H and O–H groups in total. The van der Waals surface area contributed by atoms with E-state index in [1.165, 1.54) is 12.4 Å². The van der Waals surface area contributed by atoms with Gasteiger partial charge in [-0.2, -0.15) is 0 Å². The molecule has 0 unspecified atom stereocenters. The van der Waals surface area contributed by atoms with Gasteiger partial charge >= 0.3 is 0 Å². The van der Waals surface area contributed by atoms with E-state index in [1.54, 1.807) is 36.7 Å². The summed E-state index contributed by atoms with van der Waals surface area (Å²) in [4.78, 5) is 7.77. The zero-order valence-electron chi connectivity index (χ0n) is 9.41. The predicted octanol–water partition coefficient (Wildman–Crippen LogP) is 2.28. The van der Waals surface area contributed by atoms with Gasteiger partial charge in [-0.1, -0.05) is 0 Å². The molecule has 18 heavy (non-hydrogen) atoms. The van der Waals surface area contributed by atoms with E-state index in [0.29, 0.717) is 11.1 Å². The minimum absolute atomic E-state index is 0.0308. The molecule has 2 rings (SSSR count). The molecule has 0 aromatic carbocycles. The highest BCUT2D eigenvalue weighted by atomic mass is 15.2. The first-order valence-corrected chi connectivity index (χ1v) is 5.17. The quantitative estimate of drug-likeness (QED) is 0.476. The Morgan fingerprint density at radius 2 is 1.28 bits per heavy atom. The Hall–Kier alpha value is -2.76. The molecule has 6 heteroatoms. The highest BCUT2D eigenvalue weighted by molar-refractivity contribution is 6.00. The van der Waals surface area contributed by atoms with E-state index in [-0.39, 0.29) is 11.7 Å². The van der Waals surface area contributed by atoms with Gasteiger partial charge in [-0.15, -0.1) is 10.2 Å². The van der Waals surface area contributed by atoms with E-state index >= 15 is 0 Å². The van der Waals surface area contributed by atoms with E-state index in [9.17, 15) is 0 Å². The molecule has 0 bridgehead atoms. The molecule has 0 amide bonds. The summed E-state index contributed by atoms with van der Waals surface area (Å²) in [6.07, 6.45) is 6.28. The molecule has 88 valence electrons. The second kappa shape index (κ2) is 5.53. The molecular weight excluding hydrogens is 228 g/mol. The number of aromatic nitrogens is 2. The van der Waals surface area contributed by atoms with Crippen molar-refractivity contribution in [1.82, 2.24) is 9.97 Å². The Morgan fingerprint density at radius 1 is 0.833 bits per heavy atom. The van der Waals surface area contributed by atoms with E-state index < -0.39 is 0 Å². The molecule has 0 radical (unpaired) electrons. The molecule has 0 spiro atoms. The lowest BCUT2D eigenvalue weighted by molar-refractivity contribution is 1.22. The van der Waals surface area contributed by atoms with Gasteiger partial charge in [-0.25, -0.2) is 0 Å². The predicted molar refractivity (Wildman–Crippen MR) is 67.0 cm³/mol. The maximum Gasteiger partial charge on any atom is 0.176 e. The fourth-order valence-corrected chi connectivity index (χ4v) is 1.22. The summed E-state index contributed by atoms with van der Waals surface area (Å²) in [5.41, 5.74) is 1.11. The second-order valence-electron chi connectivity index (χ2n) is 3.38. The van der Waals surface area contributed by atoms with E-state index in [2.05, 4.69) is 20.2 Å². The van der Waals surface area contributed by atoms with Crippen LogP contribution in [-0.2, 0) is 0 Å². The Morgan fingerprint density at radius 3 is 1.61 bits per heavy atom. The SMILES string of the molecule is N=C(N=NC(=N)c1cccnc1)c1cccnc1. The Labute approximate surface area is 103 Å². The number of amidine groups is 2. The second-order valence-corrected chi connectivity index (χ2v) is 3.38. The molecule has 0 fully saturated rings. The van der Waals surface area contributed by atoms with Gasteiger partial charge in [0.15, 0.2) is 11.7 Å². The first kappa shape index (κ1) is 11.7. The summed E-state index contributed by atoms with van der Waals surface area (Å²) < 4.78 is 0. The highest BCUT2D eigenvalue weighted by Crippen LogP contribution is 2.02. The number of azo groups is 1. The minimum Gasteiger partial charge on any atom is -0.281 e. The first-order chi connectivity index (χ1) is 8.77. The Balaban J connectivity index is 2.08. The van der Waals surface area contributed by atoms with Gasteiger partial charge in [0, 0.05) is 35.9 Å². The largest absolute Gasteiger partial charge is 0.281 e. The van der Waals surface area contributed by atoms with Crippen molar-refractivity contribution < 1.29 is 0 Å². The highest BCUT2D eigenvalue weighted by Gasteiger charge is 2.01. The maximum absolute atomic E-state index is 7.67. The number of nitrogens with one attached hydrogen (secondary N) is 2. The first-order valence-electron chi connectivity index (χ1n) is 5.17. The lowest BCUT2D eigenvalue weighted by Crippen LogP contribution is -1.98. The van der Waals surface area contributed by atoms with Crippen LogP contribution in [0.1, 0.15) is 11.1 Å². The average Bonchev–Trinajstić information content (AvgIpc) is 2.46. The summed E-state index contributed by atoms with van der Waals surface area (Å²) in [5, 5.41) is 22.7. The van der Waals surface area contributed by atoms with Crippen LogP contribution in [0.5, 0.6) is 0 Å². The molecule has 0 saturated heterocycles. The zero-order valence-corrected chi connectivity index (χ0v) is 9.41. The van der Waals surface area contributed by atoms with Gasteiger partial charge in [0.2, 0.25) is 0 Å². The molecule has 0 aliphatic heterocycles. The third kappa shape index (κ3) is 2.88. The van der Waals surface area contributed by atoms with Crippen LogP contribution < -0.4 is 0 Å². The van der Waals surface area contributed by atoms with Crippen LogP contribution >= 0.6 is 0 Å². The maximum atomic E-state index is 7.67. The molecule has 2 heterocycles. The van der Waals surface area contributed by atoms with Crippen LogP contribution in [0.15, 0.2) is 59.3 Å². The topological polar surface area (TPSA) is 98.2 Å². The van der Waals surface area contributed by atoms with E-state index in [4.69, 9.17) is 10.8 Å².